The van der Waals surface area contributed by atoms with Gasteiger partial charge in [0.15, 0.2) is 10.8 Å². The SMILES string of the molecule is CCOC(=O)CSc1nc2nc3c(cc2c(=O)n1-c1ccc(C)cc1)COC(C)(CC)C3. The van der Waals surface area contributed by atoms with Crippen LogP contribution in [-0.4, -0.2) is 38.5 Å². The third-order valence-electron chi connectivity index (χ3n) is 5.78. The molecule has 1 aliphatic rings. The number of carbonyl (C=O) groups is 1. The van der Waals surface area contributed by atoms with Gasteiger partial charge in [-0.15, -0.1) is 0 Å². The Balaban J connectivity index is 1.86. The average Bonchev–Trinajstić information content (AvgIpc) is 2.78. The molecule has 0 spiro atoms. The Morgan fingerprint density at radius 2 is 2.00 bits per heavy atom. The molecule has 0 amide bonds. The van der Waals surface area contributed by atoms with Gasteiger partial charge in [-0.25, -0.2) is 9.97 Å². The van der Waals surface area contributed by atoms with Crippen LogP contribution in [0.25, 0.3) is 16.7 Å². The first kappa shape index (κ1) is 22.5. The molecule has 1 unspecified atom stereocenters. The van der Waals surface area contributed by atoms with Crippen LogP contribution in [-0.2, 0) is 27.3 Å². The molecule has 32 heavy (non-hydrogen) atoms. The predicted molar refractivity (Wildman–Crippen MR) is 124 cm³/mol. The molecule has 168 valence electrons. The average molecular weight is 454 g/mol. The molecule has 3 heterocycles. The number of hydrogen-bond acceptors (Lipinski definition) is 7. The largest absolute Gasteiger partial charge is 0.465 e. The highest BCUT2D eigenvalue weighted by atomic mass is 32.2. The molecule has 7 nitrogen and oxygen atoms in total. The maximum Gasteiger partial charge on any atom is 0.316 e. The van der Waals surface area contributed by atoms with E-state index in [0.29, 0.717) is 41.5 Å². The summed E-state index contributed by atoms with van der Waals surface area (Å²) < 4.78 is 12.6. The van der Waals surface area contributed by atoms with Gasteiger partial charge in [-0.3, -0.25) is 14.2 Å². The number of pyridine rings is 1. The Bertz CT molecular complexity index is 1220. The maximum absolute atomic E-state index is 13.6. The molecule has 0 fully saturated rings. The van der Waals surface area contributed by atoms with E-state index in [4.69, 9.17) is 19.4 Å². The summed E-state index contributed by atoms with van der Waals surface area (Å²) in [5, 5.41) is 0.852. The smallest absolute Gasteiger partial charge is 0.316 e. The first-order chi connectivity index (χ1) is 15.3. The van der Waals surface area contributed by atoms with E-state index in [-0.39, 0.29) is 22.9 Å². The van der Waals surface area contributed by atoms with Crippen molar-refractivity contribution in [3.63, 3.8) is 0 Å². The summed E-state index contributed by atoms with van der Waals surface area (Å²) >= 11 is 1.18. The Morgan fingerprint density at radius 3 is 2.69 bits per heavy atom. The van der Waals surface area contributed by atoms with Crippen molar-refractivity contribution in [1.29, 1.82) is 0 Å². The molecule has 0 saturated heterocycles. The number of aromatic nitrogens is 3. The number of aryl methyl sites for hydroxylation is 1. The second-order valence-corrected chi connectivity index (χ2v) is 9.14. The summed E-state index contributed by atoms with van der Waals surface area (Å²) in [6, 6.07) is 9.49. The number of nitrogens with zero attached hydrogens (tertiary/aromatic N) is 3. The zero-order valence-corrected chi connectivity index (χ0v) is 19.6. The molecule has 4 rings (SSSR count). The van der Waals surface area contributed by atoms with Gasteiger partial charge >= 0.3 is 5.97 Å². The van der Waals surface area contributed by atoms with E-state index in [0.717, 1.165) is 23.2 Å². The number of carbonyl (C=O) groups excluding carboxylic acids is 1. The van der Waals surface area contributed by atoms with E-state index in [1.807, 2.05) is 37.3 Å². The van der Waals surface area contributed by atoms with Gasteiger partial charge in [-0.2, -0.15) is 0 Å². The molecule has 0 radical (unpaired) electrons. The summed E-state index contributed by atoms with van der Waals surface area (Å²) in [4.78, 5) is 35.0. The fourth-order valence-corrected chi connectivity index (χ4v) is 4.48. The molecule has 0 bridgehead atoms. The molecular weight excluding hydrogens is 426 g/mol. The van der Waals surface area contributed by atoms with Gasteiger partial charge in [0, 0.05) is 12.0 Å². The van der Waals surface area contributed by atoms with Crippen LogP contribution in [0.5, 0.6) is 0 Å². The zero-order valence-electron chi connectivity index (χ0n) is 18.8. The standard InChI is InChI=1S/C24H27N3O4S/c1-5-24(4)12-19-16(13-31-24)11-18-21(25-19)26-23(32-14-20(28)30-6-2)27(22(18)29)17-9-7-15(3)8-10-17/h7-11H,5-6,12-14H2,1-4H3. The van der Waals surface area contributed by atoms with Crippen LogP contribution in [0, 0.1) is 6.92 Å². The van der Waals surface area contributed by atoms with Gasteiger partial charge in [0.25, 0.3) is 5.56 Å². The van der Waals surface area contributed by atoms with Gasteiger partial charge in [0.1, 0.15) is 0 Å². The van der Waals surface area contributed by atoms with E-state index >= 15 is 0 Å². The summed E-state index contributed by atoms with van der Waals surface area (Å²) in [5.74, 6) is -0.291. The molecule has 1 atom stereocenters. The highest BCUT2D eigenvalue weighted by Gasteiger charge is 2.31. The summed E-state index contributed by atoms with van der Waals surface area (Å²) in [6.45, 7) is 8.65. The molecule has 0 N–H and O–H groups in total. The number of thioether (sulfide) groups is 1. The lowest BCUT2D eigenvalue weighted by molar-refractivity contribution is -0.139. The number of esters is 1. The topological polar surface area (TPSA) is 83.3 Å². The van der Waals surface area contributed by atoms with Crippen molar-refractivity contribution in [2.24, 2.45) is 0 Å². The predicted octanol–water partition coefficient (Wildman–Crippen LogP) is 3.99. The number of ether oxygens (including phenoxy) is 2. The third-order valence-corrected chi connectivity index (χ3v) is 6.69. The quantitative estimate of drug-likeness (QED) is 0.317. The minimum Gasteiger partial charge on any atom is -0.465 e. The van der Waals surface area contributed by atoms with Gasteiger partial charge in [0.2, 0.25) is 0 Å². The van der Waals surface area contributed by atoms with E-state index in [1.54, 1.807) is 11.5 Å². The molecule has 2 aromatic heterocycles. The second kappa shape index (κ2) is 9.03. The molecule has 1 aliphatic heterocycles. The Morgan fingerprint density at radius 1 is 1.25 bits per heavy atom. The van der Waals surface area contributed by atoms with Gasteiger partial charge < -0.3 is 9.47 Å². The van der Waals surface area contributed by atoms with Crippen LogP contribution in [0.15, 0.2) is 40.3 Å². The van der Waals surface area contributed by atoms with E-state index < -0.39 is 0 Å². The fourth-order valence-electron chi connectivity index (χ4n) is 3.68. The third kappa shape index (κ3) is 4.42. The summed E-state index contributed by atoms with van der Waals surface area (Å²) in [7, 11) is 0. The molecule has 1 aromatic carbocycles. The molecule has 8 heteroatoms. The summed E-state index contributed by atoms with van der Waals surface area (Å²) in [6.07, 6.45) is 1.54. The van der Waals surface area contributed by atoms with Crippen molar-refractivity contribution in [2.75, 3.05) is 12.4 Å². The Hall–Kier alpha value is -2.71. The minimum absolute atomic E-state index is 0.0599. The normalized spacial score (nSPS) is 17.9. The lowest BCUT2D eigenvalue weighted by atomic mass is 9.91. The van der Waals surface area contributed by atoms with Crippen LogP contribution in [0.4, 0.5) is 0 Å². The Kier molecular flexibility index (Phi) is 6.35. The molecule has 0 aliphatic carbocycles. The monoisotopic (exact) mass is 453 g/mol. The number of hydrogen-bond donors (Lipinski definition) is 0. The van der Waals surface area contributed by atoms with E-state index in [2.05, 4.69) is 13.8 Å². The number of fused-ring (bicyclic) bond motifs is 2. The maximum atomic E-state index is 13.6. The minimum atomic E-state index is -0.350. The number of benzene rings is 1. The van der Waals surface area contributed by atoms with Crippen LogP contribution in [0.1, 0.15) is 44.0 Å². The second-order valence-electron chi connectivity index (χ2n) is 8.20. The van der Waals surface area contributed by atoms with Gasteiger partial charge in [-0.05, 0) is 45.4 Å². The van der Waals surface area contributed by atoms with E-state index in [1.165, 1.54) is 11.8 Å². The van der Waals surface area contributed by atoms with Crippen molar-refractivity contribution in [1.82, 2.24) is 14.5 Å². The van der Waals surface area contributed by atoms with Crippen molar-refractivity contribution in [3.05, 3.63) is 57.5 Å². The van der Waals surface area contributed by atoms with Crippen molar-refractivity contribution < 1.29 is 14.3 Å². The lowest BCUT2D eigenvalue weighted by Crippen LogP contribution is -2.35. The van der Waals surface area contributed by atoms with Gasteiger partial charge in [0.05, 0.1) is 41.3 Å². The zero-order chi connectivity index (χ0) is 22.9. The van der Waals surface area contributed by atoms with Crippen LogP contribution in [0.3, 0.4) is 0 Å². The summed E-state index contributed by atoms with van der Waals surface area (Å²) in [5.41, 5.74) is 3.51. The lowest BCUT2D eigenvalue weighted by Gasteiger charge is -2.33. The first-order valence-electron chi connectivity index (χ1n) is 10.8. The molecule has 0 saturated carbocycles. The van der Waals surface area contributed by atoms with Crippen molar-refractivity contribution >= 4 is 28.8 Å². The van der Waals surface area contributed by atoms with Crippen LogP contribution >= 0.6 is 11.8 Å². The number of rotatable bonds is 6. The molecular formula is C24H27N3O4S. The van der Waals surface area contributed by atoms with Crippen molar-refractivity contribution in [3.8, 4) is 5.69 Å². The molecule has 3 aromatic rings. The highest BCUT2D eigenvalue weighted by molar-refractivity contribution is 7.99. The first-order valence-corrected chi connectivity index (χ1v) is 11.8. The van der Waals surface area contributed by atoms with Crippen LogP contribution in [0.2, 0.25) is 0 Å². The Labute approximate surface area is 191 Å². The fraction of sp³-hybridized carbons (Fsp3) is 0.417. The van der Waals surface area contributed by atoms with Gasteiger partial charge in [-0.1, -0.05) is 36.4 Å². The van der Waals surface area contributed by atoms with E-state index in [9.17, 15) is 9.59 Å². The highest BCUT2D eigenvalue weighted by Crippen LogP contribution is 2.31. The van der Waals surface area contributed by atoms with Crippen molar-refractivity contribution in [2.45, 2.75) is 57.9 Å². The van der Waals surface area contributed by atoms with Crippen LogP contribution < -0.4 is 5.56 Å².